The molecule has 1 atom stereocenters. The lowest BCUT2D eigenvalue weighted by molar-refractivity contribution is -0.120. The maximum Gasteiger partial charge on any atom is 0.258 e. The smallest absolute Gasteiger partial charge is 0.258 e. The van der Waals surface area contributed by atoms with Crippen LogP contribution in [0.25, 0.3) is 20.9 Å². The third kappa shape index (κ3) is 5.51. The summed E-state index contributed by atoms with van der Waals surface area (Å²) >= 11 is 1.38. The second kappa shape index (κ2) is 12.0. The molecule has 3 aromatic carbocycles. The molecule has 13 heteroatoms. The van der Waals surface area contributed by atoms with Gasteiger partial charge >= 0.3 is 0 Å². The van der Waals surface area contributed by atoms with Crippen LogP contribution < -0.4 is 10.2 Å². The molecule has 1 aromatic heterocycles. The monoisotopic (exact) mass is 680 g/mol. The summed E-state index contributed by atoms with van der Waals surface area (Å²) in [7, 11) is -7.11. The fourth-order valence-electron chi connectivity index (χ4n) is 7.17. The third-order valence-electron chi connectivity index (χ3n) is 9.63. The van der Waals surface area contributed by atoms with E-state index in [0.29, 0.717) is 55.0 Å². The highest BCUT2D eigenvalue weighted by molar-refractivity contribution is 7.89. The Labute approximate surface area is 273 Å². The number of sulfonamides is 2. The van der Waals surface area contributed by atoms with Crippen LogP contribution in [0.1, 0.15) is 48.9 Å². The molecule has 1 N–H and O–H groups in total. The van der Waals surface area contributed by atoms with Gasteiger partial charge in [0.2, 0.25) is 26.0 Å². The quantitative estimate of drug-likeness (QED) is 0.271. The van der Waals surface area contributed by atoms with Crippen molar-refractivity contribution in [3.05, 3.63) is 65.5 Å². The Morgan fingerprint density at radius 2 is 1.67 bits per heavy atom. The van der Waals surface area contributed by atoms with Gasteiger partial charge in [-0.3, -0.25) is 9.59 Å². The minimum Gasteiger partial charge on any atom is -0.324 e. The van der Waals surface area contributed by atoms with E-state index in [-0.39, 0.29) is 23.3 Å². The molecule has 1 unspecified atom stereocenters. The highest BCUT2D eigenvalue weighted by atomic mass is 32.2. The first-order valence-electron chi connectivity index (χ1n) is 15.7. The SMILES string of the molecule is CS(=O)(=O)N1CCC(CCN2C(=O)c3cccc4c(NC(=O)C5CCCCN5S(=O)(=O)c5csc6ccccc56)ccc2c34)CC1. The number of hydrogen-bond donors (Lipinski definition) is 1. The first-order chi connectivity index (χ1) is 22.0. The number of thiophene rings is 1. The van der Waals surface area contributed by atoms with Crippen LogP contribution in [0.5, 0.6) is 0 Å². The minimum atomic E-state index is -3.92. The predicted octanol–water partition coefficient (Wildman–Crippen LogP) is 5.26. The fourth-order valence-corrected chi connectivity index (χ4v) is 11.2. The van der Waals surface area contributed by atoms with Gasteiger partial charge in [0.15, 0.2) is 0 Å². The molecule has 10 nitrogen and oxygen atoms in total. The molecule has 4 heterocycles. The molecule has 0 bridgehead atoms. The Balaban J connectivity index is 1.11. The predicted molar refractivity (Wildman–Crippen MR) is 181 cm³/mol. The Kier molecular flexibility index (Phi) is 8.17. The summed E-state index contributed by atoms with van der Waals surface area (Å²) in [6.45, 7) is 1.79. The number of carbonyl (C=O) groups is 2. The van der Waals surface area contributed by atoms with Gasteiger partial charge in [0, 0.05) is 63.7 Å². The molecule has 46 heavy (non-hydrogen) atoms. The minimum absolute atomic E-state index is 0.0924. The van der Waals surface area contributed by atoms with Crippen molar-refractivity contribution < 1.29 is 26.4 Å². The summed E-state index contributed by atoms with van der Waals surface area (Å²) in [5.74, 6) is -0.152. The van der Waals surface area contributed by atoms with Crippen LogP contribution in [0.3, 0.4) is 0 Å². The van der Waals surface area contributed by atoms with E-state index in [1.165, 1.54) is 26.2 Å². The molecule has 2 saturated heterocycles. The Bertz CT molecular complexity index is 2070. The summed E-state index contributed by atoms with van der Waals surface area (Å²) in [5, 5.41) is 6.86. The molecule has 0 radical (unpaired) electrons. The summed E-state index contributed by atoms with van der Waals surface area (Å²) < 4.78 is 55.4. The Hall–Kier alpha value is -3.36. The van der Waals surface area contributed by atoms with Gasteiger partial charge in [0.05, 0.1) is 11.9 Å². The van der Waals surface area contributed by atoms with Crippen molar-refractivity contribution in [1.82, 2.24) is 8.61 Å². The Morgan fingerprint density at radius 3 is 2.46 bits per heavy atom. The fraction of sp³-hybridized carbons (Fsp3) is 0.394. The van der Waals surface area contributed by atoms with Crippen LogP contribution in [0.2, 0.25) is 0 Å². The molecular formula is C33H36N4O6S3. The van der Waals surface area contributed by atoms with E-state index in [1.54, 1.807) is 34.5 Å². The van der Waals surface area contributed by atoms with E-state index >= 15 is 0 Å². The zero-order valence-electron chi connectivity index (χ0n) is 25.5. The number of nitrogens with one attached hydrogen (secondary N) is 1. The number of amides is 2. The molecule has 4 aromatic rings. The van der Waals surface area contributed by atoms with Crippen LogP contribution in [0, 0.1) is 5.92 Å². The molecule has 0 saturated carbocycles. The number of fused-ring (bicyclic) bond motifs is 1. The van der Waals surface area contributed by atoms with E-state index in [1.807, 2.05) is 30.3 Å². The first kappa shape index (κ1) is 31.3. The van der Waals surface area contributed by atoms with Crippen molar-refractivity contribution in [1.29, 1.82) is 0 Å². The van der Waals surface area contributed by atoms with Gasteiger partial charge in [-0.1, -0.05) is 36.8 Å². The number of carbonyl (C=O) groups excluding carboxylic acids is 2. The molecule has 0 aliphatic carbocycles. The lowest BCUT2D eigenvalue weighted by Crippen LogP contribution is -2.49. The van der Waals surface area contributed by atoms with Crippen molar-refractivity contribution in [2.75, 3.05) is 42.7 Å². The summed E-state index contributed by atoms with van der Waals surface area (Å²) in [5.41, 5.74) is 1.90. The van der Waals surface area contributed by atoms with E-state index < -0.39 is 26.1 Å². The standard InChI is InChI=1S/C33H36N4O6S3/c1-45(40,41)35-18-14-22(15-19-35)16-20-36-27-13-12-26(23-8-6-9-25(31(23)27)33(36)39)34-32(38)28-10-4-5-17-37(28)46(42,43)30-21-44-29-11-3-2-7-24(29)30/h2-3,6-9,11-13,21-22,28H,4-5,10,14-20H2,1H3,(H,34,38). The van der Waals surface area contributed by atoms with Crippen molar-refractivity contribution in [2.24, 2.45) is 5.92 Å². The van der Waals surface area contributed by atoms with Gasteiger partial charge in [-0.2, -0.15) is 4.31 Å². The van der Waals surface area contributed by atoms with Crippen LogP contribution in [0.15, 0.2) is 64.9 Å². The number of piperidine rings is 2. The van der Waals surface area contributed by atoms with Crippen LogP contribution in [-0.4, -0.2) is 75.7 Å². The normalized spacial score (nSPS) is 20.2. The van der Waals surface area contributed by atoms with Crippen molar-refractivity contribution in [3.8, 4) is 0 Å². The van der Waals surface area contributed by atoms with Gasteiger partial charge in [-0.15, -0.1) is 11.3 Å². The topological polar surface area (TPSA) is 124 Å². The molecular weight excluding hydrogens is 645 g/mol. The second-order valence-electron chi connectivity index (χ2n) is 12.4. The number of benzene rings is 3. The van der Waals surface area contributed by atoms with Gasteiger partial charge in [-0.05, 0) is 62.3 Å². The van der Waals surface area contributed by atoms with E-state index in [4.69, 9.17) is 0 Å². The molecule has 3 aliphatic heterocycles. The molecule has 2 fully saturated rings. The van der Waals surface area contributed by atoms with Crippen molar-refractivity contribution >= 4 is 75.4 Å². The van der Waals surface area contributed by atoms with E-state index in [9.17, 15) is 26.4 Å². The average Bonchev–Trinajstić information content (AvgIpc) is 3.61. The zero-order valence-corrected chi connectivity index (χ0v) is 28.0. The molecule has 3 aliphatic rings. The van der Waals surface area contributed by atoms with Crippen LogP contribution in [0.4, 0.5) is 11.4 Å². The van der Waals surface area contributed by atoms with Gasteiger partial charge < -0.3 is 10.2 Å². The highest BCUT2D eigenvalue weighted by Crippen LogP contribution is 2.42. The largest absolute Gasteiger partial charge is 0.324 e. The number of anilines is 2. The average molecular weight is 681 g/mol. The molecule has 0 spiro atoms. The number of rotatable bonds is 8. The van der Waals surface area contributed by atoms with E-state index in [2.05, 4.69) is 5.32 Å². The molecule has 7 rings (SSSR count). The molecule has 2 amide bonds. The summed E-state index contributed by atoms with van der Waals surface area (Å²) in [6.07, 6.45) is 5.38. The van der Waals surface area contributed by atoms with Gasteiger partial charge in [0.1, 0.15) is 10.9 Å². The summed E-state index contributed by atoms with van der Waals surface area (Å²) in [4.78, 5) is 29.4. The Morgan fingerprint density at radius 1 is 0.913 bits per heavy atom. The first-order valence-corrected chi connectivity index (χ1v) is 19.8. The zero-order chi connectivity index (χ0) is 32.2. The van der Waals surface area contributed by atoms with Crippen molar-refractivity contribution in [2.45, 2.75) is 49.5 Å². The lowest BCUT2D eigenvalue weighted by Gasteiger charge is -2.33. The van der Waals surface area contributed by atoms with Gasteiger partial charge in [-0.25, -0.2) is 21.1 Å². The maximum absolute atomic E-state index is 13.9. The highest BCUT2D eigenvalue weighted by Gasteiger charge is 2.39. The molecule has 242 valence electrons. The summed E-state index contributed by atoms with van der Waals surface area (Å²) in [6, 6.07) is 15.7. The van der Waals surface area contributed by atoms with E-state index in [0.717, 1.165) is 46.8 Å². The van der Waals surface area contributed by atoms with Crippen LogP contribution >= 0.6 is 11.3 Å². The van der Waals surface area contributed by atoms with Gasteiger partial charge in [0.25, 0.3) is 5.91 Å². The second-order valence-corrected chi connectivity index (χ2v) is 17.2. The van der Waals surface area contributed by atoms with Crippen LogP contribution in [-0.2, 0) is 24.8 Å². The van der Waals surface area contributed by atoms with Crippen molar-refractivity contribution in [3.63, 3.8) is 0 Å². The number of nitrogens with zero attached hydrogens (tertiary/aromatic N) is 3. The maximum atomic E-state index is 13.9. The lowest BCUT2D eigenvalue weighted by atomic mass is 9.94. The number of hydrogen-bond acceptors (Lipinski definition) is 7. The third-order valence-corrected chi connectivity index (χ3v) is 14.0.